The molecule has 128 valence electrons. The first-order chi connectivity index (χ1) is 11.6. The zero-order valence-corrected chi connectivity index (χ0v) is 14.6. The lowest BCUT2D eigenvalue weighted by atomic mass is 10.2. The van der Waals surface area contributed by atoms with Crippen LogP contribution in [0.15, 0.2) is 42.5 Å². The first kappa shape index (κ1) is 17.7. The molecule has 1 amide bonds. The van der Waals surface area contributed by atoms with Crippen LogP contribution >= 0.6 is 0 Å². The summed E-state index contributed by atoms with van der Waals surface area (Å²) in [4.78, 5) is 14.3. The van der Waals surface area contributed by atoms with E-state index < -0.39 is 0 Å². The van der Waals surface area contributed by atoms with Crippen LogP contribution in [0.5, 0.6) is 11.5 Å². The van der Waals surface area contributed by atoms with Gasteiger partial charge in [0.2, 0.25) is 5.91 Å². The lowest BCUT2D eigenvalue weighted by Gasteiger charge is -2.22. The molecule has 0 radical (unpaired) electrons. The molecule has 0 aromatic heterocycles. The molecule has 2 rings (SSSR count). The van der Waals surface area contributed by atoms with Gasteiger partial charge in [-0.1, -0.05) is 12.1 Å². The zero-order valence-electron chi connectivity index (χ0n) is 14.6. The number of carbonyl (C=O) groups is 1. The maximum absolute atomic E-state index is 12.5. The number of methoxy groups -OCH3 is 2. The van der Waals surface area contributed by atoms with Crippen molar-refractivity contribution in [2.45, 2.75) is 13.8 Å². The van der Waals surface area contributed by atoms with Gasteiger partial charge in [0, 0.05) is 24.0 Å². The van der Waals surface area contributed by atoms with E-state index in [1.165, 1.54) is 0 Å². The minimum Gasteiger partial charge on any atom is -0.493 e. The number of hydrogen-bond acceptors (Lipinski definition) is 4. The van der Waals surface area contributed by atoms with E-state index in [0.29, 0.717) is 18.0 Å². The minimum atomic E-state index is 0.0119. The van der Waals surface area contributed by atoms with E-state index in [1.54, 1.807) is 19.1 Å². The average Bonchev–Trinajstić information content (AvgIpc) is 2.60. The number of rotatable bonds is 7. The van der Waals surface area contributed by atoms with Crippen LogP contribution in [0.2, 0.25) is 0 Å². The van der Waals surface area contributed by atoms with Crippen molar-refractivity contribution in [3.05, 3.63) is 48.0 Å². The van der Waals surface area contributed by atoms with Crippen molar-refractivity contribution in [1.29, 1.82) is 0 Å². The molecule has 0 atom stereocenters. The second-order valence-corrected chi connectivity index (χ2v) is 5.40. The minimum absolute atomic E-state index is 0.0119. The highest BCUT2D eigenvalue weighted by atomic mass is 16.5. The molecule has 0 bridgehead atoms. The van der Waals surface area contributed by atoms with Gasteiger partial charge in [-0.15, -0.1) is 0 Å². The topological polar surface area (TPSA) is 50.8 Å². The van der Waals surface area contributed by atoms with Crippen molar-refractivity contribution in [2.75, 3.05) is 37.5 Å². The number of benzene rings is 2. The van der Waals surface area contributed by atoms with Gasteiger partial charge in [0.25, 0.3) is 0 Å². The maximum Gasteiger partial charge on any atom is 0.246 e. The highest BCUT2D eigenvalue weighted by molar-refractivity contribution is 5.96. The number of anilines is 2. The molecule has 0 spiro atoms. The Kier molecular flexibility index (Phi) is 6.07. The number of likely N-dealkylation sites (N-methyl/N-ethyl adjacent to an activating group) is 1. The van der Waals surface area contributed by atoms with E-state index >= 15 is 0 Å². The summed E-state index contributed by atoms with van der Waals surface area (Å²) in [6.45, 7) is 4.81. The van der Waals surface area contributed by atoms with E-state index in [9.17, 15) is 4.79 Å². The van der Waals surface area contributed by atoms with Gasteiger partial charge in [-0.3, -0.25) is 4.79 Å². The Morgan fingerprint density at radius 1 is 1.08 bits per heavy atom. The fourth-order valence-corrected chi connectivity index (χ4v) is 2.52. The van der Waals surface area contributed by atoms with E-state index in [0.717, 1.165) is 16.9 Å². The number of carbonyl (C=O) groups excluding carboxylic acids is 1. The Balaban J connectivity index is 2.06. The second kappa shape index (κ2) is 8.24. The number of amides is 1. The molecule has 0 fully saturated rings. The molecule has 0 unspecified atom stereocenters. The smallest absolute Gasteiger partial charge is 0.246 e. The van der Waals surface area contributed by atoms with E-state index in [1.807, 2.05) is 56.3 Å². The molecule has 2 aromatic rings. The first-order valence-corrected chi connectivity index (χ1v) is 7.92. The van der Waals surface area contributed by atoms with Gasteiger partial charge in [0.05, 0.1) is 20.8 Å². The van der Waals surface area contributed by atoms with Gasteiger partial charge in [-0.05, 0) is 43.7 Å². The van der Waals surface area contributed by atoms with Crippen molar-refractivity contribution in [2.24, 2.45) is 0 Å². The summed E-state index contributed by atoms with van der Waals surface area (Å²) >= 11 is 0. The molecule has 2 aromatic carbocycles. The van der Waals surface area contributed by atoms with Crippen LogP contribution in [0.3, 0.4) is 0 Å². The number of hydrogen-bond donors (Lipinski definition) is 1. The number of ether oxygens (including phenoxy) is 2. The Hall–Kier alpha value is -2.69. The highest BCUT2D eigenvalue weighted by Crippen LogP contribution is 2.29. The Bertz CT molecular complexity index is 701. The van der Waals surface area contributed by atoms with Gasteiger partial charge in [0.15, 0.2) is 11.5 Å². The van der Waals surface area contributed by atoms with Crippen molar-refractivity contribution in [1.82, 2.24) is 0 Å². The molecule has 0 aliphatic carbocycles. The summed E-state index contributed by atoms with van der Waals surface area (Å²) in [6, 6.07) is 13.4. The molecule has 0 saturated heterocycles. The van der Waals surface area contributed by atoms with Crippen LogP contribution in [0, 0.1) is 6.92 Å². The summed E-state index contributed by atoms with van der Waals surface area (Å²) in [5, 5.41) is 3.14. The Morgan fingerprint density at radius 3 is 2.46 bits per heavy atom. The first-order valence-electron chi connectivity index (χ1n) is 7.92. The molecular formula is C19H24N2O3. The molecule has 0 aliphatic heterocycles. The number of aryl methyl sites for hydroxylation is 1. The van der Waals surface area contributed by atoms with Gasteiger partial charge >= 0.3 is 0 Å². The lowest BCUT2D eigenvalue weighted by molar-refractivity contribution is -0.116. The highest BCUT2D eigenvalue weighted by Gasteiger charge is 2.14. The molecule has 0 aliphatic rings. The maximum atomic E-state index is 12.5. The number of nitrogens with zero attached hydrogens (tertiary/aromatic N) is 1. The predicted octanol–water partition coefficient (Wildman–Crippen LogP) is 3.48. The number of nitrogens with one attached hydrogen (secondary N) is 1. The molecule has 1 N–H and O–H groups in total. The SMILES string of the molecule is CCN(C(=O)CNc1ccc(OC)c(OC)c1)c1cccc(C)c1. The van der Waals surface area contributed by atoms with E-state index in [-0.39, 0.29) is 12.5 Å². The normalized spacial score (nSPS) is 10.2. The van der Waals surface area contributed by atoms with Crippen LogP contribution in [0.4, 0.5) is 11.4 Å². The third kappa shape index (κ3) is 4.19. The summed E-state index contributed by atoms with van der Waals surface area (Å²) in [5.74, 6) is 1.29. The predicted molar refractivity (Wildman–Crippen MR) is 97.2 cm³/mol. The van der Waals surface area contributed by atoms with E-state index in [2.05, 4.69) is 5.32 Å². The van der Waals surface area contributed by atoms with Gasteiger partial charge in [-0.2, -0.15) is 0 Å². The van der Waals surface area contributed by atoms with Crippen LogP contribution < -0.4 is 19.7 Å². The van der Waals surface area contributed by atoms with Crippen LogP contribution in [0.1, 0.15) is 12.5 Å². The van der Waals surface area contributed by atoms with Gasteiger partial charge in [0.1, 0.15) is 0 Å². The molecule has 24 heavy (non-hydrogen) atoms. The van der Waals surface area contributed by atoms with E-state index in [4.69, 9.17) is 9.47 Å². The van der Waals surface area contributed by atoms with Crippen LogP contribution in [-0.4, -0.2) is 33.2 Å². The van der Waals surface area contributed by atoms with Gasteiger partial charge in [-0.25, -0.2) is 0 Å². The fourth-order valence-electron chi connectivity index (χ4n) is 2.52. The van der Waals surface area contributed by atoms with Crippen molar-refractivity contribution in [3.63, 3.8) is 0 Å². The van der Waals surface area contributed by atoms with Crippen molar-refractivity contribution < 1.29 is 14.3 Å². The Labute approximate surface area is 143 Å². The second-order valence-electron chi connectivity index (χ2n) is 5.40. The molecule has 5 heteroatoms. The standard InChI is InChI=1S/C19H24N2O3/c1-5-21(16-8-6-7-14(2)11-16)19(22)13-20-15-9-10-17(23-3)18(12-15)24-4/h6-12,20H,5,13H2,1-4H3. The molecule has 0 saturated carbocycles. The summed E-state index contributed by atoms with van der Waals surface area (Å²) < 4.78 is 10.5. The van der Waals surface area contributed by atoms with Crippen molar-refractivity contribution in [3.8, 4) is 11.5 Å². The monoisotopic (exact) mass is 328 g/mol. The molecular weight excluding hydrogens is 304 g/mol. The Morgan fingerprint density at radius 2 is 1.83 bits per heavy atom. The summed E-state index contributed by atoms with van der Waals surface area (Å²) in [6.07, 6.45) is 0. The average molecular weight is 328 g/mol. The lowest BCUT2D eigenvalue weighted by Crippen LogP contribution is -2.35. The van der Waals surface area contributed by atoms with Gasteiger partial charge < -0.3 is 19.7 Å². The largest absolute Gasteiger partial charge is 0.493 e. The summed E-state index contributed by atoms with van der Waals surface area (Å²) in [7, 11) is 3.18. The molecule has 5 nitrogen and oxygen atoms in total. The third-order valence-corrected chi connectivity index (χ3v) is 3.76. The van der Waals surface area contributed by atoms with Crippen molar-refractivity contribution >= 4 is 17.3 Å². The van der Waals surface area contributed by atoms with Crippen LogP contribution in [0.25, 0.3) is 0 Å². The quantitative estimate of drug-likeness (QED) is 0.845. The third-order valence-electron chi connectivity index (χ3n) is 3.76. The zero-order chi connectivity index (χ0) is 17.5. The summed E-state index contributed by atoms with van der Waals surface area (Å²) in [5.41, 5.74) is 2.85. The molecule has 0 heterocycles. The van der Waals surface area contributed by atoms with Crippen LogP contribution in [-0.2, 0) is 4.79 Å². The fraction of sp³-hybridized carbons (Fsp3) is 0.316.